The molecule has 182 valence electrons. The second-order valence-corrected chi connectivity index (χ2v) is 8.82. The lowest BCUT2D eigenvalue weighted by molar-refractivity contribution is -0.117. The van der Waals surface area contributed by atoms with E-state index in [0.29, 0.717) is 65.7 Å². The van der Waals surface area contributed by atoms with Crippen molar-refractivity contribution >= 4 is 34.4 Å². The SMILES string of the molecule is Nc1ncc(-c2nc(N3CCOCC3)c3ncc(-c4cccc(NC(=O)C5CC5)c4F)cc3n2)cn1. The quantitative estimate of drug-likeness (QED) is 0.437. The number of aromatic nitrogens is 5. The Bertz CT molecular complexity index is 1450. The van der Waals surface area contributed by atoms with Gasteiger partial charge in [0.25, 0.3) is 0 Å². The first kappa shape index (κ1) is 22.2. The van der Waals surface area contributed by atoms with Crippen LogP contribution < -0.4 is 16.0 Å². The summed E-state index contributed by atoms with van der Waals surface area (Å²) < 4.78 is 20.9. The number of nitrogen functional groups attached to an aromatic ring is 1. The molecule has 1 saturated heterocycles. The number of ether oxygens (including phenoxy) is 1. The van der Waals surface area contributed by atoms with Crippen LogP contribution in [-0.4, -0.2) is 57.1 Å². The van der Waals surface area contributed by atoms with Crippen LogP contribution in [0.3, 0.4) is 0 Å². The van der Waals surface area contributed by atoms with Crippen LogP contribution in [0, 0.1) is 11.7 Å². The number of halogens is 1. The van der Waals surface area contributed by atoms with Crippen molar-refractivity contribution in [2.75, 3.05) is 42.3 Å². The van der Waals surface area contributed by atoms with Crippen LogP contribution in [-0.2, 0) is 9.53 Å². The molecular formula is C25H23FN8O2. The Hall–Kier alpha value is -4.25. The highest BCUT2D eigenvalue weighted by Crippen LogP contribution is 2.34. The number of pyridine rings is 1. The van der Waals surface area contributed by atoms with Gasteiger partial charge in [-0.25, -0.2) is 24.3 Å². The number of nitrogens with one attached hydrogen (secondary N) is 1. The summed E-state index contributed by atoms with van der Waals surface area (Å²) >= 11 is 0. The van der Waals surface area contributed by atoms with Crippen molar-refractivity contribution in [3.63, 3.8) is 0 Å². The molecule has 3 N–H and O–H groups in total. The largest absolute Gasteiger partial charge is 0.378 e. The van der Waals surface area contributed by atoms with Gasteiger partial charge in [0.15, 0.2) is 17.5 Å². The monoisotopic (exact) mass is 486 g/mol. The van der Waals surface area contributed by atoms with E-state index in [1.807, 2.05) is 0 Å². The molecule has 0 bridgehead atoms. The second kappa shape index (κ2) is 9.08. The third-order valence-corrected chi connectivity index (χ3v) is 6.27. The van der Waals surface area contributed by atoms with Gasteiger partial charge in [0.05, 0.1) is 30.0 Å². The Kier molecular flexibility index (Phi) is 5.61. The van der Waals surface area contributed by atoms with E-state index < -0.39 is 5.82 Å². The number of morpholine rings is 1. The number of anilines is 3. The van der Waals surface area contributed by atoms with Gasteiger partial charge < -0.3 is 20.7 Å². The van der Waals surface area contributed by atoms with Crippen molar-refractivity contribution in [1.29, 1.82) is 0 Å². The van der Waals surface area contributed by atoms with Gasteiger partial charge in [-0.05, 0) is 25.0 Å². The number of hydrogen-bond donors (Lipinski definition) is 2. The van der Waals surface area contributed by atoms with Crippen molar-refractivity contribution in [3.8, 4) is 22.5 Å². The Morgan fingerprint density at radius 2 is 1.81 bits per heavy atom. The summed E-state index contributed by atoms with van der Waals surface area (Å²) in [5.74, 6) is 0.534. The topological polar surface area (TPSA) is 132 Å². The van der Waals surface area contributed by atoms with E-state index in [0.717, 1.165) is 12.8 Å². The van der Waals surface area contributed by atoms with E-state index in [1.165, 1.54) is 0 Å². The molecule has 3 aromatic heterocycles. The Morgan fingerprint density at radius 1 is 1.06 bits per heavy atom. The molecule has 1 aromatic carbocycles. The molecule has 6 rings (SSSR count). The Morgan fingerprint density at radius 3 is 2.56 bits per heavy atom. The van der Waals surface area contributed by atoms with Crippen LogP contribution >= 0.6 is 0 Å². The number of fused-ring (bicyclic) bond motifs is 1. The summed E-state index contributed by atoms with van der Waals surface area (Å²) in [7, 11) is 0. The molecule has 1 amide bonds. The maximum atomic E-state index is 15.4. The van der Waals surface area contributed by atoms with Crippen molar-refractivity contribution in [2.45, 2.75) is 12.8 Å². The Balaban J connectivity index is 1.45. The molecule has 0 spiro atoms. The van der Waals surface area contributed by atoms with Crippen LogP contribution in [0.25, 0.3) is 33.5 Å². The van der Waals surface area contributed by atoms with Crippen molar-refractivity contribution in [3.05, 3.63) is 48.7 Å². The molecular weight excluding hydrogens is 463 g/mol. The first-order valence-electron chi connectivity index (χ1n) is 11.7. The molecule has 2 fully saturated rings. The van der Waals surface area contributed by atoms with E-state index in [2.05, 4.69) is 25.2 Å². The summed E-state index contributed by atoms with van der Waals surface area (Å²) in [5, 5.41) is 2.70. The number of carbonyl (C=O) groups excluding carboxylic acids is 1. The lowest BCUT2D eigenvalue weighted by Gasteiger charge is -2.28. The predicted octanol–water partition coefficient (Wildman–Crippen LogP) is 3.06. The molecule has 0 unspecified atom stereocenters. The number of carbonyl (C=O) groups is 1. The highest BCUT2D eigenvalue weighted by Gasteiger charge is 2.30. The summed E-state index contributed by atoms with van der Waals surface area (Å²) in [4.78, 5) is 36.5. The second-order valence-electron chi connectivity index (χ2n) is 8.82. The van der Waals surface area contributed by atoms with E-state index in [4.69, 9.17) is 20.4 Å². The molecule has 0 atom stereocenters. The fourth-order valence-corrected chi connectivity index (χ4v) is 4.16. The van der Waals surface area contributed by atoms with E-state index in [9.17, 15) is 4.79 Å². The molecule has 2 aliphatic rings. The maximum absolute atomic E-state index is 15.4. The predicted molar refractivity (Wildman–Crippen MR) is 133 cm³/mol. The maximum Gasteiger partial charge on any atom is 0.227 e. The van der Waals surface area contributed by atoms with E-state index >= 15 is 4.39 Å². The summed E-state index contributed by atoms with van der Waals surface area (Å²) in [6.45, 7) is 2.47. The fourth-order valence-electron chi connectivity index (χ4n) is 4.16. The minimum atomic E-state index is -0.512. The van der Waals surface area contributed by atoms with Crippen molar-refractivity contribution < 1.29 is 13.9 Å². The molecule has 1 saturated carbocycles. The molecule has 1 aliphatic carbocycles. The summed E-state index contributed by atoms with van der Waals surface area (Å²) in [5.41, 5.74) is 8.40. The first-order valence-corrected chi connectivity index (χ1v) is 11.7. The van der Waals surface area contributed by atoms with Crippen LogP contribution in [0.4, 0.5) is 21.8 Å². The van der Waals surface area contributed by atoms with Crippen LogP contribution in [0.2, 0.25) is 0 Å². The number of hydrogen-bond acceptors (Lipinski definition) is 9. The van der Waals surface area contributed by atoms with Crippen molar-refractivity contribution in [2.24, 2.45) is 5.92 Å². The van der Waals surface area contributed by atoms with Crippen molar-refractivity contribution in [1.82, 2.24) is 24.9 Å². The molecule has 1 aliphatic heterocycles. The lowest BCUT2D eigenvalue weighted by atomic mass is 10.0. The van der Waals surface area contributed by atoms with Crippen LogP contribution in [0.1, 0.15) is 12.8 Å². The number of nitrogens with zero attached hydrogens (tertiary/aromatic N) is 6. The average molecular weight is 487 g/mol. The van der Waals surface area contributed by atoms with E-state index in [-0.39, 0.29) is 23.5 Å². The van der Waals surface area contributed by atoms with Gasteiger partial charge in [-0.3, -0.25) is 9.78 Å². The van der Waals surface area contributed by atoms with Gasteiger partial charge >= 0.3 is 0 Å². The van der Waals surface area contributed by atoms with Crippen LogP contribution in [0.15, 0.2) is 42.9 Å². The normalized spacial score (nSPS) is 15.8. The number of benzene rings is 1. The van der Waals surface area contributed by atoms with Gasteiger partial charge in [-0.15, -0.1) is 0 Å². The third kappa shape index (κ3) is 4.29. The van der Waals surface area contributed by atoms with Gasteiger partial charge in [-0.2, -0.15) is 0 Å². The number of amides is 1. The number of rotatable bonds is 5. The zero-order chi connectivity index (χ0) is 24.6. The van der Waals surface area contributed by atoms with Gasteiger partial charge in [0.1, 0.15) is 5.52 Å². The zero-order valence-corrected chi connectivity index (χ0v) is 19.3. The third-order valence-electron chi connectivity index (χ3n) is 6.27. The smallest absolute Gasteiger partial charge is 0.227 e. The lowest BCUT2D eigenvalue weighted by Crippen LogP contribution is -2.37. The zero-order valence-electron chi connectivity index (χ0n) is 19.3. The molecule has 0 radical (unpaired) electrons. The average Bonchev–Trinajstić information content (AvgIpc) is 3.76. The fraction of sp³-hybridized carbons (Fsp3) is 0.280. The highest BCUT2D eigenvalue weighted by atomic mass is 19.1. The van der Waals surface area contributed by atoms with E-state index in [1.54, 1.807) is 42.9 Å². The first-order chi connectivity index (χ1) is 17.6. The van der Waals surface area contributed by atoms with Gasteiger partial charge in [0.2, 0.25) is 11.9 Å². The minimum absolute atomic E-state index is 0.0264. The minimum Gasteiger partial charge on any atom is -0.378 e. The molecule has 10 nitrogen and oxygen atoms in total. The molecule has 4 aromatic rings. The molecule has 4 heterocycles. The Labute approximate surface area is 205 Å². The van der Waals surface area contributed by atoms with Gasteiger partial charge in [0, 0.05) is 48.7 Å². The number of nitrogens with two attached hydrogens (primary N) is 1. The van der Waals surface area contributed by atoms with Gasteiger partial charge in [-0.1, -0.05) is 12.1 Å². The summed E-state index contributed by atoms with van der Waals surface area (Å²) in [6, 6.07) is 6.71. The summed E-state index contributed by atoms with van der Waals surface area (Å²) in [6.07, 6.45) is 6.42. The molecule has 11 heteroatoms. The highest BCUT2D eigenvalue weighted by molar-refractivity contribution is 5.95. The standard InChI is InChI=1S/C25H23FN8O2/c26-20-17(2-1-3-18(20)32-24(35)14-4-5-14)15-10-19-21(28-11-15)23(34-6-8-36-9-7-34)33-22(31-19)16-12-29-25(27)30-13-16/h1-3,10-14H,4-9H2,(H,32,35)(H2,27,29,30). The molecule has 36 heavy (non-hydrogen) atoms. The van der Waals surface area contributed by atoms with Crippen LogP contribution in [0.5, 0.6) is 0 Å².